The molecule has 0 aliphatic heterocycles. The highest BCUT2D eigenvalue weighted by molar-refractivity contribution is 6.32. The Morgan fingerprint density at radius 1 is 1.06 bits per heavy atom. The van der Waals surface area contributed by atoms with Crippen molar-refractivity contribution < 1.29 is 9.13 Å². The number of hydrogen-bond donors (Lipinski definition) is 0. The van der Waals surface area contributed by atoms with Gasteiger partial charge in [-0.1, -0.05) is 43.6 Å². The maximum Gasteiger partial charge on any atom is 0.264 e. The van der Waals surface area contributed by atoms with Gasteiger partial charge < -0.3 is 4.74 Å². The van der Waals surface area contributed by atoms with Crippen LogP contribution in [0, 0.1) is 19.7 Å². The molecule has 0 amide bonds. The van der Waals surface area contributed by atoms with E-state index in [-0.39, 0.29) is 29.8 Å². The Morgan fingerprint density at radius 3 is 2.50 bits per heavy atom. The maximum atomic E-state index is 13.3. The summed E-state index contributed by atoms with van der Waals surface area (Å²) in [7, 11) is 0. The largest absolute Gasteiger partial charge is 0.472 e. The van der Waals surface area contributed by atoms with Crippen LogP contribution in [0.5, 0.6) is 5.88 Å². The minimum absolute atomic E-state index is 0.166. The number of aryl methyl sites for hydroxylation is 1. The first-order valence-electron chi connectivity index (χ1n) is 10.9. The van der Waals surface area contributed by atoms with Gasteiger partial charge in [-0.05, 0) is 49.7 Å². The van der Waals surface area contributed by atoms with E-state index in [1.807, 2.05) is 32.0 Å². The number of nitrogens with zero attached hydrogens (tertiary/aromatic N) is 4. The van der Waals surface area contributed by atoms with Gasteiger partial charge in [-0.3, -0.25) is 9.36 Å². The average molecular weight is 479 g/mol. The first kappa shape index (κ1) is 23.6. The predicted molar refractivity (Wildman–Crippen MR) is 130 cm³/mol. The predicted octanol–water partition coefficient (Wildman–Crippen LogP) is 5.80. The zero-order valence-electron chi connectivity index (χ0n) is 19.3. The summed E-state index contributed by atoms with van der Waals surface area (Å²) in [5.41, 5.74) is 2.89. The fourth-order valence-electron chi connectivity index (χ4n) is 3.50. The number of ether oxygens (including phenoxy) is 1. The molecule has 0 spiro atoms. The van der Waals surface area contributed by atoms with E-state index in [0.717, 1.165) is 22.6 Å². The van der Waals surface area contributed by atoms with Crippen molar-refractivity contribution in [3.63, 3.8) is 0 Å². The van der Waals surface area contributed by atoms with Crippen molar-refractivity contribution in [2.24, 2.45) is 0 Å². The minimum Gasteiger partial charge on any atom is -0.472 e. The van der Waals surface area contributed by atoms with Gasteiger partial charge in [0.15, 0.2) is 0 Å². The molecule has 0 saturated carbocycles. The van der Waals surface area contributed by atoms with Gasteiger partial charge in [0.2, 0.25) is 5.88 Å². The molecule has 0 saturated heterocycles. The van der Waals surface area contributed by atoms with Gasteiger partial charge in [-0.2, -0.15) is 4.98 Å². The van der Waals surface area contributed by atoms with Crippen molar-refractivity contribution in [1.29, 1.82) is 0 Å². The quantitative estimate of drug-likeness (QED) is 0.350. The number of benzene rings is 2. The van der Waals surface area contributed by atoms with E-state index in [1.165, 1.54) is 16.7 Å². The summed E-state index contributed by atoms with van der Waals surface area (Å²) in [6.45, 7) is 7.60. The highest BCUT2D eigenvalue weighted by atomic mass is 35.5. The van der Waals surface area contributed by atoms with Gasteiger partial charge in [0.05, 0.1) is 22.0 Å². The van der Waals surface area contributed by atoms with E-state index in [0.29, 0.717) is 22.1 Å². The van der Waals surface area contributed by atoms with E-state index in [1.54, 1.807) is 38.2 Å². The van der Waals surface area contributed by atoms with Crippen molar-refractivity contribution in [3.8, 4) is 22.8 Å². The van der Waals surface area contributed by atoms with Crippen molar-refractivity contribution in [2.75, 3.05) is 0 Å². The lowest BCUT2D eigenvalue weighted by Gasteiger charge is -2.16. The number of aromatic nitrogens is 4. The van der Waals surface area contributed by atoms with E-state index in [9.17, 15) is 9.18 Å². The van der Waals surface area contributed by atoms with Crippen molar-refractivity contribution in [3.05, 3.63) is 98.7 Å². The second-order valence-corrected chi connectivity index (χ2v) is 8.67. The Bertz CT molecular complexity index is 1400. The van der Waals surface area contributed by atoms with E-state index in [2.05, 4.69) is 15.0 Å². The van der Waals surface area contributed by atoms with Crippen LogP contribution in [0.25, 0.3) is 16.9 Å². The molecule has 0 bridgehead atoms. The monoisotopic (exact) mass is 478 g/mol. The van der Waals surface area contributed by atoms with E-state index in [4.69, 9.17) is 16.3 Å². The first-order valence-corrected chi connectivity index (χ1v) is 11.2. The minimum atomic E-state index is -0.321. The normalized spacial score (nSPS) is 11.1. The summed E-state index contributed by atoms with van der Waals surface area (Å²) < 4.78 is 20.4. The van der Waals surface area contributed by atoms with Crippen LogP contribution in [0.1, 0.15) is 42.5 Å². The van der Waals surface area contributed by atoms with Gasteiger partial charge in [0.25, 0.3) is 5.56 Å². The second-order valence-electron chi connectivity index (χ2n) is 8.27. The molecule has 0 aliphatic rings. The SMILES string of the molecule is Cc1c(OCc2ccc(F)cc2)nc(C)n(-c2cc(-c3ccnc(C(C)C)n3)ccc2Cl)c1=O. The standard InChI is InChI=1S/C26H24ClFN4O2/c1-15(2)24-29-12-11-22(31-24)19-7-10-21(27)23(13-19)32-17(4)30-25(16(3)26(32)33)34-14-18-5-8-20(28)9-6-18/h5-13,15H,14H2,1-4H3. The summed E-state index contributed by atoms with van der Waals surface area (Å²) in [6, 6.07) is 13.2. The van der Waals surface area contributed by atoms with Crippen LogP contribution in [0.4, 0.5) is 4.39 Å². The third kappa shape index (κ3) is 4.84. The molecule has 0 radical (unpaired) electrons. The summed E-state index contributed by atoms with van der Waals surface area (Å²) in [5, 5.41) is 0.410. The van der Waals surface area contributed by atoms with Crippen molar-refractivity contribution in [2.45, 2.75) is 40.2 Å². The summed E-state index contributed by atoms with van der Waals surface area (Å²) in [6.07, 6.45) is 1.72. The summed E-state index contributed by atoms with van der Waals surface area (Å²) in [5.74, 6) is 1.26. The Labute approximate surface area is 202 Å². The summed E-state index contributed by atoms with van der Waals surface area (Å²) >= 11 is 6.51. The third-order valence-electron chi connectivity index (χ3n) is 5.39. The molecule has 2 aromatic carbocycles. The van der Waals surface area contributed by atoms with Gasteiger partial charge in [-0.25, -0.2) is 14.4 Å². The van der Waals surface area contributed by atoms with E-state index >= 15 is 0 Å². The fourth-order valence-corrected chi connectivity index (χ4v) is 3.70. The molecular formula is C26H24ClFN4O2. The molecule has 0 fully saturated rings. The number of hydrogen-bond acceptors (Lipinski definition) is 5. The van der Waals surface area contributed by atoms with Crippen LogP contribution in [0.3, 0.4) is 0 Å². The zero-order chi connectivity index (χ0) is 24.4. The molecule has 174 valence electrons. The Hall–Kier alpha value is -3.58. The molecule has 2 aromatic heterocycles. The smallest absolute Gasteiger partial charge is 0.264 e. The molecule has 6 nitrogen and oxygen atoms in total. The summed E-state index contributed by atoms with van der Waals surface area (Å²) in [4.78, 5) is 26.8. The first-order chi connectivity index (χ1) is 16.2. The van der Waals surface area contributed by atoms with Crippen LogP contribution >= 0.6 is 11.6 Å². The Kier molecular flexibility index (Phi) is 6.75. The van der Waals surface area contributed by atoms with Crippen LogP contribution in [0.15, 0.2) is 59.5 Å². The molecule has 0 unspecified atom stereocenters. The van der Waals surface area contributed by atoms with Crippen molar-refractivity contribution in [1.82, 2.24) is 19.5 Å². The number of rotatable bonds is 6. The van der Waals surface area contributed by atoms with Crippen LogP contribution in [-0.4, -0.2) is 19.5 Å². The molecule has 2 heterocycles. The number of halogens is 2. The van der Waals surface area contributed by atoms with E-state index < -0.39 is 0 Å². The van der Waals surface area contributed by atoms with Crippen LogP contribution in [0.2, 0.25) is 5.02 Å². The molecule has 8 heteroatoms. The second kappa shape index (κ2) is 9.73. The van der Waals surface area contributed by atoms with Crippen molar-refractivity contribution >= 4 is 11.6 Å². The molecule has 34 heavy (non-hydrogen) atoms. The van der Waals surface area contributed by atoms with Gasteiger partial charge in [0, 0.05) is 17.7 Å². The third-order valence-corrected chi connectivity index (χ3v) is 5.71. The average Bonchev–Trinajstić information content (AvgIpc) is 2.82. The Balaban J connectivity index is 1.71. The molecule has 0 N–H and O–H groups in total. The molecule has 0 aliphatic carbocycles. The Morgan fingerprint density at radius 2 is 1.79 bits per heavy atom. The lowest BCUT2D eigenvalue weighted by molar-refractivity contribution is 0.289. The maximum absolute atomic E-state index is 13.3. The molecule has 4 aromatic rings. The van der Waals surface area contributed by atoms with Gasteiger partial charge in [-0.15, -0.1) is 0 Å². The van der Waals surface area contributed by atoms with Gasteiger partial charge in [0.1, 0.15) is 24.1 Å². The lowest BCUT2D eigenvalue weighted by atomic mass is 10.1. The van der Waals surface area contributed by atoms with Crippen LogP contribution < -0.4 is 10.3 Å². The highest BCUT2D eigenvalue weighted by Gasteiger charge is 2.17. The lowest BCUT2D eigenvalue weighted by Crippen LogP contribution is -2.25. The van der Waals surface area contributed by atoms with Crippen LogP contribution in [-0.2, 0) is 6.61 Å². The topological polar surface area (TPSA) is 69.9 Å². The highest BCUT2D eigenvalue weighted by Crippen LogP contribution is 2.28. The fraction of sp³-hybridized carbons (Fsp3) is 0.231. The zero-order valence-corrected chi connectivity index (χ0v) is 20.1. The molecular weight excluding hydrogens is 455 g/mol. The molecule has 4 rings (SSSR count). The molecule has 0 atom stereocenters. The van der Waals surface area contributed by atoms with Gasteiger partial charge >= 0.3 is 0 Å².